The van der Waals surface area contributed by atoms with E-state index in [0.29, 0.717) is 26.1 Å². The van der Waals surface area contributed by atoms with Gasteiger partial charge in [-0.05, 0) is 92.9 Å². The number of anilines is 1. The molecule has 1 unspecified atom stereocenters. The number of carboxylic acids is 1. The first-order chi connectivity index (χ1) is 20.0. The van der Waals surface area contributed by atoms with Gasteiger partial charge in [0.05, 0.1) is 6.42 Å². The molecule has 0 saturated carbocycles. The highest BCUT2D eigenvalue weighted by Crippen LogP contribution is 2.20. The summed E-state index contributed by atoms with van der Waals surface area (Å²) in [6.07, 6.45) is 8.81. The molecule has 1 aliphatic rings. The summed E-state index contributed by atoms with van der Waals surface area (Å²) in [4.78, 5) is 35.7. The van der Waals surface area contributed by atoms with Crippen LogP contribution in [0.15, 0.2) is 60.9 Å². The Morgan fingerprint density at radius 1 is 1.10 bits per heavy atom. The normalized spacial score (nSPS) is 13.2. The predicted molar refractivity (Wildman–Crippen MR) is 159 cm³/mol. The Kier molecular flexibility index (Phi) is 11.5. The molecule has 1 aromatic carbocycles. The maximum atomic E-state index is 12.6. The van der Waals surface area contributed by atoms with Crippen LogP contribution in [-0.4, -0.2) is 70.7 Å². The van der Waals surface area contributed by atoms with Crippen molar-refractivity contribution in [2.45, 2.75) is 57.9 Å². The largest absolute Gasteiger partial charge is 0.492 e. The Morgan fingerprint density at radius 3 is 2.76 bits per heavy atom. The Balaban J connectivity index is 1.28. The van der Waals surface area contributed by atoms with Gasteiger partial charge in [0.15, 0.2) is 0 Å². The van der Waals surface area contributed by atoms with Gasteiger partial charge >= 0.3 is 5.97 Å². The fourth-order valence-electron chi connectivity index (χ4n) is 4.98. The average molecular weight is 560 g/mol. The molecule has 0 spiro atoms. The lowest BCUT2D eigenvalue weighted by atomic mass is 10.1. The second kappa shape index (κ2) is 15.7. The molecule has 3 heterocycles. The molecule has 0 radical (unpaired) electrons. The molecule has 2 aromatic heterocycles. The van der Waals surface area contributed by atoms with Crippen LogP contribution in [0.4, 0.5) is 5.82 Å². The van der Waals surface area contributed by atoms with Gasteiger partial charge in [0.25, 0.3) is 0 Å². The minimum atomic E-state index is -1.03. The highest BCUT2D eigenvalue weighted by Gasteiger charge is 2.21. The molecule has 0 fully saturated rings. The van der Waals surface area contributed by atoms with Crippen molar-refractivity contribution in [3.05, 3.63) is 83.3 Å². The summed E-state index contributed by atoms with van der Waals surface area (Å²) < 4.78 is 5.91. The molecule has 4 rings (SSSR count). The zero-order valence-corrected chi connectivity index (χ0v) is 23.8. The van der Waals surface area contributed by atoms with E-state index in [1.54, 1.807) is 18.5 Å². The van der Waals surface area contributed by atoms with Gasteiger partial charge in [-0.1, -0.05) is 24.3 Å². The van der Waals surface area contributed by atoms with E-state index in [1.807, 2.05) is 37.3 Å². The molecule has 0 aliphatic carbocycles. The van der Waals surface area contributed by atoms with Gasteiger partial charge in [-0.25, -0.2) is 9.78 Å². The molecular formula is C32H41N5O4. The number of benzene rings is 1. The van der Waals surface area contributed by atoms with Gasteiger partial charge in [-0.2, -0.15) is 0 Å². The van der Waals surface area contributed by atoms with Crippen LogP contribution in [0.2, 0.25) is 0 Å². The second-order valence-electron chi connectivity index (χ2n) is 10.5. The number of para-hydroxylation sites is 1. The summed E-state index contributed by atoms with van der Waals surface area (Å²) in [5.41, 5.74) is 4.13. The molecule has 218 valence electrons. The number of hydrogen-bond acceptors (Lipinski definition) is 7. The van der Waals surface area contributed by atoms with E-state index in [4.69, 9.17) is 9.72 Å². The molecule has 3 N–H and O–H groups in total. The zero-order valence-electron chi connectivity index (χ0n) is 23.8. The number of hydrogen-bond donors (Lipinski definition) is 3. The lowest BCUT2D eigenvalue weighted by Gasteiger charge is -2.24. The number of aryl methyl sites for hydroxylation is 3. The molecule has 1 amide bonds. The zero-order chi connectivity index (χ0) is 28.9. The molecular weight excluding hydrogens is 518 g/mol. The standard InChI is InChI=1S/C32H41N5O4/c1-24-23-33-17-14-26(24)22-30(38)36-29(32(39)40)15-19-37(20-21-41-28-10-3-2-4-11-28)18-6-5-9-27-13-12-25-8-7-16-34-31(25)35-27/h2-4,10-14,17,23,29H,5-9,15-16,18-22H2,1H3,(H,34,35)(H,36,38)(H,39,40). The molecule has 0 saturated heterocycles. The quantitative estimate of drug-likeness (QED) is 0.225. The SMILES string of the molecule is Cc1cnccc1CC(=O)NC(CCN(CCCCc1ccc2c(n1)NCCC2)CCOc1ccccc1)C(=O)O. The number of pyridine rings is 2. The predicted octanol–water partition coefficient (Wildman–Crippen LogP) is 4.05. The van der Waals surface area contributed by atoms with Crippen LogP contribution in [0, 0.1) is 6.92 Å². The Morgan fingerprint density at radius 2 is 1.95 bits per heavy atom. The van der Waals surface area contributed by atoms with Crippen LogP contribution in [0.5, 0.6) is 5.75 Å². The van der Waals surface area contributed by atoms with Crippen molar-refractivity contribution in [3.8, 4) is 5.75 Å². The first kappa shape index (κ1) is 30.0. The fourth-order valence-corrected chi connectivity index (χ4v) is 4.98. The van der Waals surface area contributed by atoms with Gasteiger partial charge < -0.3 is 20.5 Å². The van der Waals surface area contributed by atoms with Crippen molar-refractivity contribution in [3.63, 3.8) is 0 Å². The van der Waals surface area contributed by atoms with E-state index >= 15 is 0 Å². The Bertz CT molecular complexity index is 1270. The molecule has 9 heteroatoms. The number of nitrogens with zero attached hydrogens (tertiary/aromatic N) is 3. The van der Waals surface area contributed by atoms with E-state index in [-0.39, 0.29) is 12.3 Å². The van der Waals surface area contributed by atoms with Crippen LogP contribution in [0.3, 0.4) is 0 Å². The molecule has 0 bridgehead atoms. The summed E-state index contributed by atoms with van der Waals surface area (Å²) in [6.45, 7) is 5.35. The van der Waals surface area contributed by atoms with Crippen LogP contribution in [0.1, 0.15) is 48.1 Å². The first-order valence-corrected chi connectivity index (χ1v) is 14.5. The van der Waals surface area contributed by atoms with Crippen molar-refractivity contribution < 1.29 is 19.4 Å². The van der Waals surface area contributed by atoms with Crippen molar-refractivity contribution in [1.82, 2.24) is 20.2 Å². The number of nitrogens with one attached hydrogen (secondary N) is 2. The molecule has 9 nitrogen and oxygen atoms in total. The third kappa shape index (κ3) is 9.86. The Labute approximate surface area is 242 Å². The number of amides is 1. The number of aromatic nitrogens is 2. The number of carbonyl (C=O) groups is 2. The van der Waals surface area contributed by atoms with Crippen LogP contribution in [-0.2, 0) is 28.9 Å². The van der Waals surface area contributed by atoms with Crippen LogP contribution >= 0.6 is 0 Å². The molecule has 1 aliphatic heterocycles. The van der Waals surface area contributed by atoms with Gasteiger partial charge in [-0.15, -0.1) is 0 Å². The first-order valence-electron chi connectivity index (χ1n) is 14.5. The minimum Gasteiger partial charge on any atom is -0.492 e. The molecule has 3 aromatic rings. The summed E-state index contributed by atoms with van der Waals surface area (Å²) in [5, 5.41) is 15.9. The summed E-state index contributed by atoms with van der Waals surface area (Å²) in [6, 6.07) is 14.8. The van der Waals surface area contributed by atoms with Crippen molar-refractivity contribution in [1.29, 1.82) is 0 Å². The highest BCUT2D eigenvalue weighted by atomic mass is 16.5. The summed E-state index contributed by atoms with van der Waals surface area (Å²) in [7, 11) is 0. The van der Waals surface area contributed by atoms with Crippen LogP contribution < -0.4 is 15.4 Å². The van der Waals surface area contributed by atoms with Crippen molar-refractivity contribution >= 4 is 17.7 Å². The van der Waals surface area contributed by atoms with Crippen LogP contribution in [0.25, 0.3) is 0 Å². The van der Waals surface area contributed by atoms with Gasteiger partial charge in [0.2, 0.25) is 5.91 Å². The monoisotopic (exact) mass is 559 g/mol. The second-order valence-corrected chi connectivity index (χ2v) is 10.5. The molecule has 41 heavy (non-hydrogen) atoms. The Hall–Kier alpha value is -3.98. The molecule has 1 atom stereocenters. The van der Waals surface area contributed by atoms with E-state index in [0.717, 1.165) is 73.6 Å². The van der Waals surface area contributed by atoms with Crippen molar-refractivity contribution in [2.24, 2.45) is 0 Å². The number of carboxylic acid groups (broad SMARTS) is 1. The lowest BCUT2D eigenvalue weighted by molar-refractivity contribution is -0.142. The minimum absolute atomic E-state index is 0.124. The number of fused-ring (bicyclic) bond motifs is 1. The maximum Gasteiger partial charge on any atom is 0.326 e. The van der Waals surface area contributed by atoms with Gasteiger partial charge in [0.1, 0.15) is 24.2 Å². The van der Waals surface area contributed by atoms with E-state index in [2.05, 4.69) is 32.7 Å². The average Bonchev–Trinajstić information content (AvgIpc) is 2.98. The topological polar surface area (TPSA) is 117 Å². The maximum absolute atomic E-state index is 12.6. The summed E-state index contributed by atoms with van der Waals surface area (Å²) in [5.74, 6) is 0.492. The highest BCUT2D eigenvalue weighted by molar-refractivity contribution is 5.85. The number of aliphatic carboxylic acids is 1. The van der Waals surface area contributed by atoms with Crippen molar-refractivity contribution in [2.75, 3.05) is 38.1 Å². The fraction of sp³-hybridized carbons (Fsp3) is 0.438. The third-order valence-corrected chi connectivity index (χ3v) is 7.38. The third-order valence-electron chi connectivity index (χ3n) is 7.38. The van der Waals surface area contributed by atoms with E-state index in [1.165, 1.54) is 5.56 Å². The van der Waals surface area contributed by atoms with E-state index in [9.17, 15) is 14.7 Å². The number of carbonyl (C=O) groups excluding carboxylic acids is 1. The lowest BCUT2D eigenvalue weighted by Crippen LogP contribution is -2.44. The van der Waals surface area contributed by atoms with Gasteiger partial charge in [0, 0.05) is 37.7 Å². The number of ether oxygens (including phenoxy) is 1. The smallest absolute Gasteiger partial charge is 0.326 e. The summed E-state index contributed by atoms with van der Waals surface area (Å²) >= 11 is 0. The number of rotatable bonds is 16. The number of unbranched alkanes of at least 4 members (excludes halogenated alkanes) is 1. The van der Waals surface area contributed by atoms with Gasteiger partial charge in [-0.3, -0.25) is 14.7 Å². The van der Waals surface area contributed by atoms with E-state index < -0.39 is 12.0 Å².